The van der Waals surface area contributed by atoms with Crippen molar-refractivity contribution < 1.29 is 5.11 Å². The first-order chi connectivity index (χ1) is 15.0. The highest BCUT2D eigenvalue weighted by atomic mass is 16.3. The summed E-state index contributed by atoms with van der Waals surface area (Å²) in [6.07, 6.45) is 0. The largest absolute Gasteiger partial charge is 0.509 e. The summed E-state index contributed by atoms with van der Waals surface area (Å²) in [6, 6.07) is 23.8. The second kappa shape index (κ2) is 6.21. The number of para-hydroxylation sites is 2. The zero-order chi connectivity index (χ0) is 21.4. The maximum absolute atomic E-state index is 10.8. The van der Waals surface area contributed by atoms with Gasteiger partial charge in [-0.15, -0.1) is 0 Å². The lowest BCUT2D eigenvalue weighted by molar-refractivity contribution is 0.484. The van der Waals surface area contributed by atoms with Crippen LogP contribution in [0.1, 0.15) is 5.56 Å². The van der Waals surface area contributed by atoms with Crippen molar-refractivity contribution in [3.8, 4) is 11.4 Å². The van der Waals surface area contributed by atoms with Crippen LogP contribution in [0.3, 0.4) is 0 Å². The van der Waals surface area contributed by atoms with E-state index in [1.54, 1.807) is 0 Å². The van der Waals surface area contributed by atoms with Crippen LogP contribution in [-0.2, 0) is 7.05 Å². The zero-order valence-corrected chi connectivity index (χ0v) is 18.2. The number of hydrogen-bond acceptors (Lipinski definition) is 1. The van der Waals surface area contributed by atoms with Crippen molar-refractivity contribution in [3.63, 3.8) is 0 Å². The van der Waals surface area contributed by atoms with Crippen molar-refractivity contribution in [2.45, 2.75) is 6.92 Å². The van der Waals surface area contributed by atoms with Gasteiger partial charge < -0.3 is 14.2 Å². The average molecular weight is 400 g/mol. The first-order valence-electron chi connectivity index (χ1n) is 10.7. The number of aryl methyl sites for hydroxylation is 2. The molecule has 2 heterocycles. The molecule has 3 nitrogen and oxygen atoms in total. The fourth-order valence-corrected chi connectivity index (χ4v) is 5.29. The van der Waals surface area contributed by atoms with E-state index in [0.717, 1.165) is 33.1 Å². The molecule has 6 aromatic rings. The van der Waals surface area contributed by atoms with Crippen LogP contribution in [0.5, 0.6) is 5.75 Å². The summed E-state index contributed by atoms with van der Waals surface area (Å²) in [5, 5.41) is 15.6. The monoisotopic (exact) mass is 400 g/mol. The van der Waals surface area contributed by atoms with Gasteiger partial charge in [-0.3, -0.25) is 0 Å². The molecule has 0 aliphatic rings. The summed E-state index contributed by atoms with van der Waals surface area (Å²) in [5.74, 6) is 0.400. The molecular formula is C26H22B2N2O. The predicted molar refractivity (Wildman–Crippen MR) is 138 cm³/mol. The topological polar surface area (TPSA) is 30.1 Å². The molecule has 0 saturated heterocycles. The van der Waals surface area contributed by atoms with Crippen molar-refractivity contribution in [2.75, 3.05) is 0 Å². The summed E-state index contributed by atoms with van der Waals surface area (Å²) in [5.41, 5.74) is 8.95. The van der Waals surface area contributed by atoms with Crippen LogP contribution in [0.4, 0.5) is 0 Å². The molecule has 0 aliphatic carbocycles. The number of aromatic hydroxyl groups is 1. The minimum Gasteiger partial charge on any atom is -0.509 e. The molecule has 5 heteroatoms. The first kappa shape index (κ1) is 18.2. The summed E-state index contributed by atoms with van der Waals surface area (Å²) in [6.45, 7) is 2.11. The molecule has 0 bridgehead atoms. The Bertz CT molecular complexity index is 1690. The Morgan fingerprint density at radius 2 is 1.39 bits per heavy atom. The minimum absolute atomic E-state index is 0.400. The predicted octanol–water partition coefficient (Wildman–Crippen LogP) is 2.96. The van der Waals surface area contributed by atoms with Gasteiger partial charge in [0.1, 0.15) is 21.4 Å². The van der Waals surface area contributed by atoms with E-state index in [2.05, 4.69) is 89.8 Å². The lowest BCUT2D eigenvalue weighted by Gasteiger charge is -2.14. The third-order valence-electron chi connectivity index (χ3n) is 7.03. The molecule has 0 unspecified atom stereocenters. The van der Waals surface area contributed by atoms with Gasteiger partial charge in [0.25, 0.3) is 0 Å². The SMILES string of the molecule is Bc1c(O)c(B)c2c3ccccc3n(-c3ccc4c(c3)c3ccccc3n4C)c2c1C. The van der Waals surface area contributed by atoms with Gasteiger partial charge in [0, 0.05) is 45.3 Å². The van der Waals surface area contributed by atoms with Gasteiger partial charge in [-0.25, -0.2) is 0 Å². The van der Waals surface area contributed by atoms with Crippen molar-refractivity contribution in [1.82, 2.24) is 9.13 Å². The van der Waals surface area contributed by atoms with E-state index in [4.69, 9.17) is 0 Å². The third kappa shape index (κ3) is 2.26. The number of nitrogens with zero attached hydrogens (tertiary/aromatic N) is 2. The average Bonchev–Trinajstić information content (AvgIpc) is 3.29. The van der Waals surface area contributed by atoms with Gasteiger partial charge >= 0.3 is 0 Å². The molecule has 0 fully saturated rings. The molecule has 0 saturated carbocycles. The first-order valence-corrected chi connectivity index (χ1v) is 10.7. The highest BCUT2D eigenvalue weighted by molar-refractivity contribution is 6.49. The molecule has 6 rings (SSSR count). The van der Waals surface area contributed by atoms with Crippen LogP contribution in [0.25, 0.3) is 49.3 Å². The standard InChI is InChI=1S/C26H22B2N2O/c1-14-23(27)26(31)24(28)22-17-8-4-6-10-21(17)30(25(14)22)15-11-12-20-18(13-15)16-7-3-5-9-19(16)29(20)2/h3-13,31H,27-28H2,1-2H3. The number of rotatable bonds is 1. The summed E-state index contributed by atoms with van der Waals surface area (Å²) in [7, 11) is 6.16. The van der Waals surface area contributed by atoms with Gasteiger partial charge in [0.2, 0.25) is 0 Å². The highest BCUT2D eigenvalue weighted by Gasteiger charge is 2.20. The Morgan fingerprint density at radius 3 is 2.16 bits per heavy atom. The van der Waals surface area contributed by atoms with E-state index in [1.165, 1.54) is 32.7 Å². The Labute approximate surface area is 182 Å². The molecule has 0 radical (unpaired) electrons. The maximum Gasteiger partial charge on any atom is 0.145 e. The summed E-state index contributed by atoms with van der Waals surface area (Å²) < 4.78 is 4.62. The normalized spacial score (nSPS) is 11.9. The summed E-state index contributed by atoms with van der Waals surface area (Å²) >= 11 is 0. The van der Waals surface area contributed by atoms with E-state index in [-0.39, 0.29) is 0 Å². The van der Waals surface area contributed by atoms with Crippen LogP contribution in [0.2, 0.25) is 0 Å². The van der Waals surface area contributed by atoms with Gasteiger partial charge in [0.15, 0.2) is 0 Å². The second-order valence-electron chi connectivity index (χ2n) is 8.58. The Hall–Kier alpha value is -3.59. The fraction of sp³-hybridized carbons (Fsp3) is 0.0769. The van der Waals surface area contributed by atoms with E-state index in [0.29, 0.717) is 5.75 Å². The van der Waals surface area contributed by atoms with Crippen LogP contribution in [0.15, 0.2) is 66.7 Å². The van der Waals surface area contributed by atoms with Crippen LogP contribution < -0.4 is 10.9 Å². The van der Waals surface area contributed by atoms with E-state index >= 15 is 0 Å². The smallest absolute Gasteiger partial charge is 0.145 e. The zero-order valence-electron chi connectivity index (χ0n) is 18.2. The van der Waals surface area contributed by atoms with Crippen LogP contribution in [-0.4, -0.2) is 29.9 Å². The molecule has 1 N–H and O–H groups in total. The van der Waals surface area contributed by atoms with Crippen LogP contribution in [0, 0.1) is 6.92 Å². The third-order valence-corrected chi connectivity index (χ3v) is 7.03. The number of phenols is 1. The molecule has 31 heavy (non-hydrogen) atoms. The van der Waals surface area contributed by atoms with E-state index < -0.39 is 0 Å². The van der Waals surface area contributed by atoms with Crippen LogP contribution >= 0.6 is 0 Å². The Morgan fingerprint density at radius 1 is 0.742 bits per heavy atom. The lowest BCUT2D eigenvalue weighted by Crippen LogP contribution is -2.19. The number of phenolic OH excluding ortho intramolecular Hbond substituents is 1. The van der Waals surface area contributed by atoms with Crippen molar-refractivity contribution in [1.29, 1.82) is 0 Å². The van der Waals surface area contributed by atoms with Gasteiger partial charge in [-0.2, -0.15) is 0 Å². The fourth-order valence-electron chi connectivity index (χ4n) is 5.29. The molecule has 0 aliphatic heterocycles. The van der Waals surface area contributed by atoms with Gasteiger partial charge in [-0.05, 0) is 53.7 Å². The van der Waals surface area contributed by atoms with E-state index in [9.17, 15) is 5.11 Å². The molecular weight excluding hydrogens is 378 g/mol. The Balaban J connectivity index is 1.81. The van der Waals surface area contributed by atoms with Crippen molar-refractivity contribution in [3.05, 3.63) is 72.3 Å². The lowest BCUT2D eigenvalue weighted by atomic mass is 9.80. The number of aromatic nitrogens is 2. The minimum atomic E-state index is 0.400. The summed E-state index contributed by atoms with van der Waals surface area (Å²) in [4.78, 5) is 0. The molecule has 0 spiro atoms. The van der Waals surface area contributed by atoms with Crippen molar-refractivity contribution in [2.24, 2.45) is 7.05 Å². The second-order valence-corrected chi connectivity index (χ2v) is 8.58. The quantitative estimate of drug-likeness (QED) is 0.423. The maximum atomic E-state index is 10.8. The van der Waals surface area contributed by atoms with Crippen molar-refractivity contribution >= 4 is 70.2 Å². The highest BCUT2D eigenvalue weighted by Crippen LogP contribution is 2.36. The number of hydrogen-bond donors (Lipinski definition) is 1. The molecule has 2 aromatic heterocycles. The van der Waals surface area contributed by atoms with Gasteiger partial charge in [-0.1, -0.05) is 36.4 Å². The van der Waals surface area contributed by atoms with Gasteiger partial charge in [0.05, 0.1) is 11.0 Å². The number of fused-ring (bicyclic) bond motifs is 6. The Kier molecular flexibility index (Phi) is 3.64. The molecule has 148 valence electrons. The number of benzene rings is 4. The molecule has 0 amide bonds. The van der Waals surface area contributed by atoms with E-state index in [1.807, 2.05) is 15.7 Å². The molecule has 0 atom stereocenters. The molecule has 4 aromatic carbocycles.